The van der Waals surface area contributed by atoms with Crippen molar-refractivity contribution in [3.63, 3.8) is 0 Å². The lowest BCUT2D eigenvalue weighted by Crippen LogP contribution is -2.15. The molecule has 3 rings (SSSR count). The summed E-state index contributed by atoms with van der Waals surface area (Å²) in [6, 6.07) is 15.2. The molecule has 2 aromatic carbocycles. The van der Waals surface area contributed by atoms with Gasteiger partial charge in [0.1, 0.15) is 0 Å². The summed E-state index contributed by atoms with van der Waals surface area (Å²) >= 11 is 0. The molecule has 0 spiro atoms. The highest BCUT2D eigenvalue weighted by molar-refractivity contribution is 6.15. The maximum Gasteiger partial charge on any atom is 0.0724 e. The van der Waals surface area contributed by atoms with Crippen LogP contribution >= 0.6 is 0 Å². The number of benzene rings is 2. The molecule has 0 aliphatic carbocycles. The molecule has 1 heterocycles. The van der Waals surface area contributed by atoms with Crippen LogP contribution in [0.1, 0.15) is 27.8 Å². The van der Waals surface area contributed by atoms with Gasteiger partial charge in [-0.2, -0.15) is 0 Å². The minimum Gasteiger partial charge on any atom is -0.284 e. The monoisotopic (exact) mass is 235 g/mol. The van der Waals surface area contributed by atoms with Crippen molar-refractivity contribution >= 4 is 5.71 Å². The maximum atomic E-state index is 4.75. The van der Waals surface area contributed by atoms with E-state index in [9.17, 15) is 0 Å². The minimum absolute atomic E-state index is 0.903. The molecule has 0 unspecified atom stereocenters. The molecule has 0 saturated carbocycles. The smallest absolute Gasteiger partial charge is 0.0724 e. The first kappa shape index (κ1) is 11.2. The van der Waals surface area contributed by atoms with Gasteiger partial charge in [-0.15, -0.1) is 0 Å². The van der Waals surface area contributed by atoms with E-state index in [4.69, 9.17) is 4.99 Å². The fraction of sp³-hybridized carbons (Fsp3) is 0.235. The van der Waals surface area contributed by atoms with E-state index in [2.05, 4.69) is 56.3 Å². The molecular weight excluding hydrogens is 218 g/mol. The zero-order valence-corrected chi connectivity index (χ0v) is 10.9. The zero-order valence-electron chi connectivity index (χ0n) is 10.9. The number of hydrogen-bond donors (Lipinski definition) is 0. The first-order chi connectivity index (χ1) is 8.75. The van der Waals surface area contributed by atoms with Crippen LogP contribution in [-0.2, 0) is 6.42 Å². The Balaban J connectivity index is 2.16. The first-order valence-corrected chi connectivity index (χ1v) is 6.46. The highest BCUT2D eigenvalue weighted by Gasteiger charge is 2.16. The van der Waals surface area contributed by atoms with Gasteiger partial charge in [-0.25, -0.2) is 0 Å². The van der Waals surface area contributed by atoms with Crippen molar-refractivity contribution in [3.8, 4) is 0 Å². The van der Waals surface area contributed by atoms with Crippen LogP contribution in [0.25, 0.3) is 0 Å². The van der Waals surface area contributed by atoms with Crippen LogP contribution in [0.4, 0.5) is 0 Å². The van der Waals surface area contributed by atoms with Crippen molar-refractivity contribution in [2.75, 3.05) is 6.54 Å². The van der Waals surface area contributed by atoms with E-state index in [1.807, 2.05) is 0 Å². The number of hydrogen-bond acceptors (Lipinski definition) is 1. The third-order valence-corrected chi connectivity index (χ3v) is 3.57. The van der Waals surface area contributed by atoms with Crippen LogP contribution in [0.2, 0.25) is 0 Å². The van der Waals surface area contributed by atoms with Crippen molar-refractivity contribution in [1.29, 1.82) is 0 Å². The Bertz CT molecular complexity index is 623. The second-order valence-electron chi connectivity index (χ2n) is 4.96. The fourth-order valence-electron chi connectivity index (χ4n) is 2.60. The molecule has 90 valence electrons. The summed E-state index contributed by atoms with van der Waals surface area (Å²) in [4.78, 5) is 4.75. The molecule has 0 radical (unpaired) electrons. The van der Waals surface area contributed by atoms with Crippen LogP contribution < -0.4 is 0 Å². The van der Waals surface area contributed by atoms with Gasteiger partial charge in [-0.05, 0) is 31.4 Å². The molecule has 2 aromatic rings. The Labute approximate surface area is 108 Å². The molecular formula is C17H17N. The van der Waals surface area contributed by atoms with E-state index in [0.717, 1.165) is 18.7 Å². The van der Waals surface area contributed by atoms with E-state index < -0.39 is 0 Å². The molecule has 0 fully saturated rings. The Morgan fingerprint density at radius 1 is 0.944 bits per heavy atom. The highest BCUT2D eigenvalue weighted by atomic mass is 14.7. The van der Waals surface area contributed by atoms with Crippen molar-refractivity contribution < 1.29 is 0 Å². The number of aliphatic imine (C=N–C) groups is 1. The molecule has 1 nitrogen and oxygen atoms in total. The van der Waals surface area contributed by atoms with Crippen LogP contribution in [0, 0.1) is 13.8 Å². The molecule has 1 aliphatic heterocycles. The Morgan fingerprint density at radius 3 is 2.61 bits per heavy atom. The summed E-state index contributed by atoms with van der Waals surface area (Å²) in [6.45, 7) is 5.21. The van der Waals surface area contributed by atoms with Crippen molar-refractivity contribution in [3.05, 3.63) is 70.3 Å². The molecule has 0 bridgehead atoms. The van der Waals surface area contributed by atoms with E-state index in [-0.39, 0.29) is 0 Å². The second-order valence-corrected chi connectivity index (χ2v) is 4.96. The van der Waals surface area contributed by atoms with Gasteiger partial charge in [0, 0.05) is 17.7 Å². The Morgan fingerprint density at radius 2 is 1.78 bits per heavy atom. The number of rotatable bonds is 1. The van der Waals surface area contributed by atoms with Crippen LogP contribution in [0.3, 0.4) is 0 Å². The summed E-state index contributed by atoms with van der Waals surface area (Å²) in [5, 5.41) is 0. The molecule has 18 heavy (non-hydrogen) atoms. The van der Waals surface area contributed by atoms with Crippen LogP contribution in [0.15, 0.2) is 47.5 Å². The average molecular weight is 235 g/mol. The second kappa shape index (κ2) is 4.41. The van der Waals surface area contributed by atoms with E-state index in [1.54, 1.807) is 0 Å². The molecule has 0 amide bonds. The molecule has 0 atom stereocenters. The highest BCUT2D eigenvalue weighted by Crippen LogP contribution is 2.23. The quantitative estimate of drug-likeness (QED) is 0.714. The van der Waals surface area contributed by atoms with E-state index >= 15 is 0 Å². The maximum absolute atomic E-state index is 4.75. The third kappa shape index (κ3) is 1.86. The van der Waals surface area contributed by atoms with Crippen molar-refractivity contribution in [2.45, 2.75) is 20.3 Å². The molecule has 1 aliphatic rings. The van der Waals surface area contributed by atoms with Crippen molar-refractivity contribution in [2.24, 2.45) is 4.99 Å². The number of fused-ring (bicyclic) bond motifs is 1. The van der Waals surface area contributed by atoms with Gasteiger partial charge >= 0.3 is 0 Å². The van der Waals surface area contributed by atoms with Gasteiger partial charge in [-0.1, -0.05) is 48.0 Å². The van der Waals surface area contributed by atoms with Gasteiger partial charge in [0.05, 0.1) is 5.71 Å². The van der Waals surface area contributed by atoms with Gasteiger partial charge in [0.25, 0.3) is 0 Å². The lowest BCUT2D eigenvalue weighted by Gasteiger charge is -2.19. The molecule has 0 saturated heterocycles. The third-order valence-electron chi connectivity index (χ3n) is 3.57. The Hall–Kier alpha value is -1.89. The minimum atomic E-state index is 0.903. The average Bonchev–Trinajstić information content (AvgIpc) is 2.38. The molecule has 0 N–H and O–H groups in total. The van der Waals surface area contributed by atoms with Gasteiger partial charge < -0.3 is 0 Å². The normalized spacial score (nSPS) is 14.0. The SMILES string of the molecule is Cc1ccc2c(c1)CCN=C2c1ccccc1C. The van der Waals surface area contributed by atoms with Gasteiger partial charge in [0.15, 0.2) is 0 Å². The predicted molar refractivity (Wildman–Crippen MR) is 76.6 cm³/mol. The van der Waals surface area contributed by atoms with Crippen molar-refractivity contribution in [1.82, 2.24) is 0 Å². The summed E-state index contributed by atoms with van der Waals surface area (Å²) in [5.74, 6) is 0. The van der Waals surface area contributed by atoms with Gasteiger partial charge in [0.2, 0.25) is 0 Å². The standard InChI is InChI=1S/C17H17N/c1-12-7-8-16-14(11-12)9-10-18-17(16)15-6-4-3-5-13(15)2/h3-8,11H,9-10H2,1-2H3. The number of nitrogens with zero attached hydrogens (tertiary/aromatic N) is 1. The zero-order chi connectivity index (χ0) is 12.5. The number of aryl methyl sites for hydroxylation is 2. The summed E-state index contributed by atoms with van der Waals surface area (Å²) in [7, 11) is 0. The summed E-state index contributed by atoms with van der Waals surface area (Å²) in [5.41, 5.74) is 7.80. The predicted octanol–water partition coefficient (Wildman–Crippen LogP) is 3.70. The van der Waals surface area contributed by atoms with Gasteiger partial charge in [-0.3, -0.25) is 4.99 Å². The topological polar surface area (TPSA) is 12.4 Å². The summed E-state index contributed by atoms with van der Waals surface area (Å²) in [6.07, 6.45) is 1.06. The van der Waals surface area contributed by atoms with Crippen LogP contribution in [-0.4, -0.2) is 12.3 Å². The molecule has 0 aromatic heterocycles. The lowest BCUT2D eigenvalue weighted by molar-refractivity contribution is 0.941. The van der Waals surface area contributed by atoms with Crippen LogP contribution in [0.5, 0.6) is 0 Å². The van der Waals surface area contributed by atoms with E-state index in [0.29, 0.717) is 0 Å². The first-order valence-electron chi connectivity index (χ1n) is 6.46. The largest absolute Gasteiger partial charge is 0.284 e. The Kier molecular flexibility index (Phi) is 2.75. The fourth-order valence-corrected chi connectivity index (χ4v) is 2.60. The lowest BCUT2D eigenvalue weighted by atomic mass is 9.90. The van der Waals surface area contributed by atoms with E-state index in [1.165, 1.54) is 27.8 Å². The summed E-state index contributed by atoms with van der Waals surface area (Å²) < 4.78 is 0. The molecule has 1 heteroatoms.